The van der Waals surface area contributed by atoms with Crippen molar-refractivity contribution in [2.75, 3.05) is 31.0 Å². The van der Waals surface area contributed by atoms with Gasteiger partial charge in [0.2, 0.25) is 5.91 Å². The zero-order valence-electron chi connectivity index (χ0n) is 20.4. The first-order valence-electron chi connectivity index (χ1n) is 11.3. The van der Waals surface area contributed by atoms with E-state index in [1.54, 1.807) is 25.1 Å². The molecule has 3 rings (SSSR count). The van der Waals surface area contributed by atoms with Crippen molar-refractivity contribution in [3.05, 3.63) is 40.3 Å². The summed E-state index contributed by atoms with van der Waals surface area (Å²) in [6, 6.07) is 3.71. The molecule has 1 N–H and O–H groups in total. The average molecular weight is 523 g/mol. The van der Waals surface area contributed by atoms with E-state index < -0.39 is 33.4 Å². The molecule has 1 aromatic heterocycles. The van der Waals surface area contributed by atoms with Gasteiger partial charge >= 0.3 is 0 Å². The minimum absolute atomic E-state index is 0.0938. The number of nitrogens with zero attached hydrogens (tertiary/aromatic N) is 1. The van der Waals surface area contributed by atoms with Gasteiger partial charge in [-0.15, -0.1) is 11.3 Å². The van der Waals surface area contributed by atoms with Crippen LogP contribution in [0.15, 0.2) is 23.6 Å². The molecule has 0 aliphatic carbocycles. The highest BCUT2D eigenvalue weighted by molar-refractivity contribution is 7.90. The molecule has 1 atom stereocenters. The van der Waals surface area contributed by atoms with Crippen molar-refractivity contribution >= 4 is 43.9 Å². The highest BCUT2D eigenvalue weighted by Crippen LogP contribution is 2.41. The molecule has 9 nitrogen and oxygen atoms in total. The number of rotatable bonds is 11. The fourth-order valence-electron chi connectivity index (χ4n) is 4.09. The van der Waals surface area contributed by atoms with E-state index >= 15 is 0 Å². The first-order chi connectivity index (χ1) is 16.6. The zero-order valence-corrected chi connectivity index (χ0v) is 22.0. The first kappa shape index (κ1) is 26.7. The number of methoxy groups -OCH3 is 1. The molecule has 2 heterocycles. The number of ether oxygens (including phenoxy) is 2. The van der Waals surface area contributed by atoms with Crippen LogP contribution in [0.2, 0.25) is 0 Å². The van der Waals surface area contributed by atoms with Gasteiger partial charge in [-0.1, -0.05) is 19.9 Å². The Morgan fingerprint density at radius 2 is 1.80 bits per heavy atom. The summed E-state index contributed by atoms with van der Waals surface area (Å²) in [6.45, 7) is 5.95. The van der Waals surface area contributed by atoms with Gasteiger partial charge in [-0.05, 0) is 37.5 Å². The number of sulfone groups is 1. The number of hydrogen-bond donors (Lipinski definition) is 1. The zero-order chi connectivity index (χ0) is 25.9. The number of hydrogen-bond acceptors (Lipinski definition) is 8. The van der Waals surface area contributed by atoms with E-state index in [1.165, 1.54) is 12.5 Å². The van der Waals surface area contributed by atoms with Gasteiger partial charge in [-0.25, -0.2) is 8.42 Å². The molecule has 190 valence electrons. The van der Waals surface area contributed by atoms with Crippen LogP contribution in [-0.4, -0.2) is 56.8 Å². The molecule has 1 aliphatic rings. The Labute approximate surface area is 209 Å². The largest absolute Gasteiger partial charge is 0.493 e. The van der Waals surface area contributed by atoms with Gasteiger partial charge in [0.05, 0.1) is 36.6 Å². The predicted octanol–water partition coefficient (Wildman–Crippen LogP) is 3.91. The Morgan fingerprint density at radius 3 is 2.37 bits per heavy atom. The van der Waals surface area contributed by atoms with E-state index in [0.29, 0.717) is 41.5 Å². The third-order valence-corrected chi connectivity index (χ3v) is 7.73. The Hall–Kier alpha value is -2.92. The molecular formula is C24H30N2O7S2. The molecule has 0 saturated heterocycles. The van der Waals surface area contributed by atoms with Gasteiger partial charge in [0.25, 0.3) is 11.8 Å². The van der Waals surface area contributed by atoms with Gasteiger partial charge in [0, 0.05) is 17.6 Å². The number of thiophene rings is 1. The van der Waals surface area contributed by atoms with Crippen molar-refractivity contribution in [3.63, 3.8) is 0 Å². The van der Waals surface area contributed by atoms with Crippen LogP contribution < -0.4 is 14.8 Å². The second-order valence-electron chi connectivity index (χ2n) is 8.29. The quantitative estimate of drug-likeness (QED) is 0.444. The third kappa shape index (κ3) is 5.51. The van der Waals surface area contributed by atoms with Crippen molar-refractivity contribution in [2.24, 2.45) is 5.92 Å². The molecule has 0 radical (unpaired) electrons. The third-order valence-electron chi connectivity index (χ3n) is 5.91. The summed E-state index contributed by atoms with van der Waals surface area (Å²) >= 11 is 1.11. The van der Waals surface area contributed by atoms with Gasteiger partial charge in [-0.2, -0.15) is 0 Å². The maximum Gasteiger partial charge on any atom is 0.265 e. The Balaban J connectivity index is 2.03. The number of fused-ring (bicyclic) bond motifs is 1. The van der Waals surface area contributed by atoms with E-state index in [-0.39, 0.29) is 23.0 Å². The lowest BCUT2D eigenvalue weighted by atomic mass is 10.0. The second-order valence-corrected chi connectivity index (χ2v) is 11.4. The summed E-state index contributed by atoms with van der Waals surface area (Å²) in [5.41, 5.74) is 0.658. The highest BCUT2D eigenvalue weighted by atomic mass is 32.2. The lowest BCUT2D eigenvalue weighted by Crippen LogP contribution is -2.38. The Kier molecular flexibility index (Phi) is 8.22. The number of nitrogens with one attached hydrogen (secondary N) is 1. The Bertz CT molecular complexity index is 1230. The minimum atomic E-state index is -3.60. The van der Waals surface area contributed by atoms with Crippen LogP contribution in [-0.2, 0) is 14.6 Å². The molecule has 0 saturated carbocycles. The summed E-state index contributed by atoms with van der Waals surface area (Å²) in [6.07, 6.45) is 2.34. The molecule has 3 amide bonds. The predicted molar refractivity (Wildman–Crippen MR) is 134 cm³/mol. The molecule has 1 aliphatic heterocycles. The summed E-state index contributed by atoms with van der Waals surface area (Å²) in [5, 5.41) is 4.60. The molecular weight excluding hydrogens is 492 g/mol. The van der Waals surface area contributed by atoms with E-state index in [0.717, 1.165) is 22.5 Å². The number of carbonyl (C=O) groups excluding carboxylic acids is 3. The summed E-state index contributed by atoms with van der Waals surface area (Å²) in [4.78, 5) is 40.4. The van der Waals surface area contributed by atoms with Gasteiger partial charge in [-0.3, -0.25) is 19.3 Å². The SMILES string of the molecule is CCOc1cc(C(CS(C)(=O)=O)N2C(=O)c3csc(NC(=O)C(CC)CC)c3C2=O)ccc1OC. The van der Waals surface area contributed by atoms with Crippen LogP contribution >= 0.6 is 11.3 Å². The molecule has 0 bridgehead atoms. The van der Waals surface area contributed by atoms with Gasteiger partial charge in [0.15, 0.2) is 11.5 Å². The fraction of sp³-hybridized carbons (Fsp3) is 0.458. The maximum atomic E-state index is 13.5. The molecule has 2 aromatic rings. The van der Waals surface area contributed by atoms with Crippen LogP contribution in [0.4, 0.5) is 5.00 Å². The summed E-state index contributed by atoms with van der Waals surface area (Å²) < 4.78 is 35.6. The van der Waals surface area contributed by atoms with Crippen molar-refractivity contribution in [3.8, 4) is 11.5 Å². The van der Waals surface area contributed by atoms with Crippen LogP contribution in [0.1, 0.15) is 65.9 Å². The highest BCUT2D eigenvalue weighted by Gasteiger charge is 2.44. The van der Waals surface area contributed by atoms with E-state index in [1.807, 2.05) is 13.8 Å². The van der Waals surface area contributed by atoms with Crippen molar-refractivity contribution in [1.82, 2.24) is 4.90 Å². The molecule has 0 spiro atoms. The maximum absolute atomic E-state index is 13.5. The first-order valence-corrected chi connectivity index (χ1v) is 14.3. The lowest BCUT2D eigenvalue weighted by molar-refractivity contribution is -0.120. The number of imide groups is 1. The van der Waals surface area contributed by atoms with Crippen molar-refractivity contribution in [1.29, 1.82) is 0 Å². The topological polar surface area (TPSA) is 119 Å². The van der Waals surface area contributed by atoms with E-state index in [9.17, 15) is 22.8 Å². The molecule has 35 heavy (non-hydrogen) atoms. The average Bonchev–Trinajstić information content (AvgIpc) is 3.32. The second kappa shape index (κ2) is 10.8. The molecule has 11 heteroatoms. The molecule has 1 unspecified atom stereocenters. The number of amides is 3. The van der Waals surface area contributed by atoms with Crippen LogP contribution in [0, 0.1) is 5.92 Å². The lowest BCUT2D eigenvalue weighted by Gasteiger charge is -2.27. The fourth-order valence-corrected chi connectivity index (χ4v) is 5.94. The normalized spacial score (nSPS) is 14.3. The summed E-state index contributed by atoms with van der Waals surface area (Å²) in [5.74, 6) is -1.34. The number of carbonyl (C=O) groups is 3. The van der Waals surface area contributed by atoms with Gasteiger partial charge < -0.3 is 14.8 Å². The van der Waals surface area contributed by atoms with E-state index in [2.05, 4.69) is 5.32 Å². The van der Waals surface area contributed by atoms with Crippen LogP contribution in [0.25, 0.3) is 0 Å². The number of benzene rings is 1. The monoisotopic (exact) mass is 522 g/mol. The van der Waals surface area contributed by atoms with Crippen molar-refractivity contribution in [2.45, 2.75) is 39.7 Å². The number of anilines is 1. The molecule has 1 aromatic carbocycles. The standard InChI is InChI=1S/C24H30N2O7S2/c1-6-14(7-2)21(27)25-22-20-16(12-34-22)23(28)26(24(20)29)17(13-35(5,30)31)15-9-10-18(32-4)19(11-15)33-8-3/h9-12,14,17H,6-8,13H2,1-5H3,(H,25,27). The molecule has 0 fully saturated rings. The smallest absolute Gasteiger partial charge is 0.265 e. The van der Waals surface area contributed by atoms with Crippen LogP contribution in [0.5, 0.6) is 11.5 Å². The minimum Gasteiger partial charge on any atom is -0.493 e. The van der Waals surface area contributed by atoms with E-state index in [4.69, 9.17) is 9.47 Å². The Morgan fingerprint density at radius 1 is 1.11 bits per heavy atom. The summed E-state index contributed by atoms with van der Waals surface area (Å²) in [7, 11) is -2.12. The van der Waals surface area contributed by atoms with Crippen molar-refractivity contribution < 1.29 is 32.3 Å². The van der Waals surface area contributed by atoms with Gasteiger partial charge in [0.1, 0.15) is 14.8 Å². The van der Waals surface area contributed by atoms with Crippen LogP contribution in [0.3, 0.4) is 0 Å².